The molecule has 0 bridgehead atoms. The second kappa shape index (κ2) is 4.70. The second-order valence-corrected chi connectivity index (χ2v) is 3.59. The number of nitrogens with one attached hydrogen (secondary N) is 2. The fourth-order valence-corrected chi connectivity index (χ4v) is 1.43. The molecule has 0 fully saturated rings. The summed E-state index contributed by atoms with van der Waals surface area (Å²) in [6, 6.07) is 8.19. The number of pyridine rings is 1. The van der Waals surface area contributed by atoms with Crippen LogP contribution in [0, 0.1) is 5.82 Å². The quantitative estimate of drug-likeness (QED) is 0.700. The third kappa shape index (κ3) is 2.37. The SMILES string of the molecule is Nc1cccc(F)c1NC(=O)c1cccc(=O)[nH]1. The number of carbonyl (C=O) groups excluding carboxylic acids is 1. The lowest BCUT2D eigenvalue weighted by Gasteiger charge is -2.08. The van der Waals surface area contributed by atoms with Gasteiger partial charge in [0.05, 0.1) is 5.69 Å². The monoisotopic (exact) mass is 247 g/mol. The highest BCUT2D eigenvalue weighted by Gasteiger charge is 2.12. The normalized spacial score (nSPS) is 10.1. The summed E-state index contributed by atoms with van der Waals surface area (Å²) in [5, 5.41) is 2.31. The summed E-state index contributed by atoms with van der Waals surface area (Å²) in [4.78, 5) is 25.1. The van der Waals surface area contributed by atoms with Crippen molar-refractivity contribution in [3.63, 3.8) is 0 Å². The molecule has 0 aliphatic rings. The average molecular weight is 247 g/mol. The zero-order valence-electron chi connectivity index (χ0n) is 9.24. The maximum atomic E-state index is 13.4. The molecule has 0 unspecified atom stereocenters. The molecule has 6 heteroatoms. The van der Waals surface area contributed by atoms with Crippen molar-refractivity contribution in [3.05, 3.63) is 58.3 Å². The van der Waals surface area contributed by atoms with Crippen molar-refractivity contribution in [2.75, 3.05) is 11.1 Å². The molecule has 0 radical (unpaired) electrons. The number of halogens is 1. The predicted octanol–water partition coefficient (Wildman–Crippen LogP) is 1.35. The van der Waals surface area contributed by atoms with Crippen LogP contribution in [0.25, 0.3) is 0 Å². The van der Waals surface area contributed by atoms with E-state index in [-0.39, 0.29) is 17.1 Å². The smallest absolute Gasteiger partial charge is 0.272 e. The zero-order chi connectivity index (χ0) is 13.1. The Balaban J connectivity index is 2.30. The van der Waals surface area contributed by atoms with Gasteiger partial charge in [0.15, 0.2) is 0 Å². The molecule has 2 rings (SSSR count). The van der Waals surface area contributed by atoms with Gasteiger partial charge in [0.2, 0.25) is 5.56 Å². The molecule has 0 saturated carbocycles. The van der Waals surface area contributed by atoms with E-state index in [1.54, 1.807) is 0 Å². The Morgan fingerprint density at radius 2 is 1.94 bits per heavy atom. The van der Waals surface area contributed by atoms with Gasteiger partial charge in [0, 0.05) is 6.07 Å². The van der Waals surface area contributed by atoms with E-state index in [9.17, 15) is 14.0 Å². The Kier molecular flexibility index (Phi) is 3.09. The predicted molar refractivity (Wildman–Crippen MR) is 65.8 cm³/mol. The molecule has 1 aromatic carbocycles. The molecule has 1 heterocycles. The minimum atomic E-state index is -0.637. The molecule has 0 aliphatic carbocycles. The number of nitrogens with two attached hydrogens (primary N) is 1. The van der Waals surface area contributed by atoms with E-state index >= 15 is 0 Å². The van der Waals surface area contributed by atoms with Crippen LogP contribution in [-0.2, 0) is 0 Å². The molecular weight excluding hydrogens is 237 g/mol. The molecule has 0 aliphatic heterocycles. The standard InChI is InChI=1S/C12H10FN3O2/c13-7-3-1-4-8(14)11(7)16-12(18)9-5-2-6-10(17)15-9/h1-6H,14H2,(H,15,17)(H,16,18). The lowest BCUT2D eigenvalue weighted by atomic mass is 10.2. The van der Waals surface area contributed by atoms with Crippen molar-refractivity contribution in [2.45, 2.75) is 0 Å². The van der Waals surface area contributed by atoms with Crippen LogP contribution in [0.3, 0.4) is 0 Å². The Morgan fingerprint density at radius 3 is 2.61 bits per heavy atom. The van der Waals surface area contributed by atoms with Crippen molar-refractivity contribution < 1.29 is 9.18 Å². The number of hydrogen-bond acceptors (Lipinski definition) is 3. The Hall–Kier alpha value is -2.63. The van der Waals surface area contributed by atoms with Gasteiger partial charge >= 0.3 is 0 Å². The first-order valence-electron chi connectivity index (χ1n) is 5.12. The first-order valence-corrected chi connectivity index (χ1v) is 5.12. The molecular formula is C12H10FN3O2. The van der Waals surface area contributed by atoms with Crippen LogP contribution in [0.1, 0.15) is 10.5 Å². The number of para-hydroxylation sites is 1. The van der Waals surface area contributed by atoms with E-state index in [2.05, 4.69) is 10.3 Å². The van der Waals surface area contributed by atoms with Gasteiger partial charge in [-0.15, -0.1) is 0 Å². The first kappa shape index (κ1) is 11.8. The largest absolute Gasteiger partial charge is 0.397 e. The van der Waals surface area contributed by atoms with Crippen LogP contribution < -0.4 is 16.6 Å². The summed E-state index contributed by atoms with van der Waals surface area (Å²) >= 11 is 0. The number of carbonyl (C=O) groups is 1. The van der Waals surface area contributed by atoms with Crippen molar-refractivity contribution in [1.29, 1.82) is 0 Å². The fraction of sp³-hybridized carbons (Fsp3) is 0. The summed E-state index contributed by atoms with van der Waals surface area (Å²) < 4.78 is 13.4. The Bertz CT molecular complexity index is 632. The highest BCUT2D eigenvalue weighted by molar-refractivity contribution is 6.04. The van der Waals surface area contributed by atoms with Gasteiger partial charge in [-0.05, 0) is 18.2 Å². The molecule has 0 atom stereocenters. The lowest BCUT2D eigenvalue weighted by Crippen LogP contribution is -2.19. The van der Waals surface area contributed by atoms with E-state index in [1.807, 2.05) is 0 Å². The average Bonchev–Trinajstić information content (AvgIpc) is 2.34. The maximum Gasteiger partial charge on any atom is 0.272 e. The van der Waals surface area contributed by atoms with Crippen LogP contribution in [0.4, 0.5) is 15.8 Å². The minimum Gasteiger partial charge on any atom is -0.397 e. The highest BCUT2D eigenvalue weighted by Crippen LogP contribution is 2.22. The van der Waals surface area contributed by atoms with Crippen molar-refractivity contribution in [1.82, 2.24) is 4.98 Å². The van der Waals surface area contributed by atoms with Crippen LogP contribution in [0.15, 0.2) is 41.2 Å². The Morgan fingerprint density at radius 1 is 1.22 bits per heavy atom. The number of anilines is 2. The van der Waals surface area contributed by atoms with Gasteiger partial charge in [-0.25, -0.2) is 4.39 Å². The summed E-state index contributed by atoms with van der Waals surface area (Å²) in [5.74, 6) is -1.27. The number of aromatic amines is 1. The number of nitrogen functional groups attached to an aromatic ring is 1. The fourth-order valence-electron chi connectivity index (χ4n) is 1.43. The molecule has 1 aromatic heterocycles. The number of hydrogen-bond donors (Lipinski definition) is 3. The van der Waals surface area contributed by atoms with E-state index in [0.717, 1.165) is 0 Å². The van der Waals surface area contributed by atoms with E-state index < -0.39 is 17.3 Å². The molecule has 18 heavy (non-hydrogen) atoms. The summed E-state index contributed by atoms with van der Waals surface area (Å²) in [6.45, 7) is 0. The minimum absolute atomic E-state index is 0.0325. The maximum absolute atomic E-state index is 13.4. The van der Waals surface area contributed by atoms with E-state index in [4.69, 9.17) is 5.73 Å². The number of benzene rings is 1. The van der Waals surface area contributed by atoms with Crippen LogP contribution >= 0.6 is 0 Å². The number of amides is 1. The highest BCUT2D eigenvalue weighted by atomic mass is 19.1. The van der Waals surface area contributed by atoms with E-state index in [0.29, 0.717) is 0 Å². The van der Waals surface area contributed by atoms with Crippen molar-refractivity contribution >= 4 is 17.3 Å². The van der Waals surface area contributed by atoms with Gasteiger partial charge in [0.25, 0.3) is 5.91 Å². The van der Waals surface area contributed by atoms with Gasteiger partial charge in [-0.3, -0.25) is 9.59 Å². The molecule has 4 N–H and O–H groups in total. The summed E-state index contributed by atoms with van der Waals surface area (Å²) in [6.07, 6.45) is 0. The third-order valence-electron chi connectivity index (χ3n) is 2.30. The van der Waals surface area contributed by atoms with E-state index in [1.165, 1.54) is 36.4 Å². The molecule has 2 aromatic rings. The first-order chi connectivity index (χ1) is 8.58. The van der Waals surface area contributed by atoms with Gasteiger partial charge in [-0.2, -0.15) is 0 Å². The molecule has 0 spiro atoms. The molecule has 5 nitrogen and oxygen atoms in total. The van der Waals surface area contributed by atoms with Gasteiger partial charge < -0.3 is 16.0 Å². The van der Waals surface area contributed by atoms with Crippen molar-refractivity contribution in [2.24, 2.45) is 0 Å². The zero-order valence-corrected chi connectivity index (χ0v) is 9.24. The summed E-state index contributed by atoms with van der Waals surface area (Å²) in [5.41, 5.74) is 5.18. The summed E-state index contributed by atoms with van der Waals surface area (Å²) in [7, 11) is 0. The number of rotatable bonds is 2. The third-order valence-corrected chi connectivity index (χ3v) is 2.30. The number of H-pyrrole nitrogens is 1. The second-order valence-electron chi connectivity index (χ2n) is 3.59. The van der Waals surface area contributed by atoms with Crippen LogP contribution in [-0.4, -0.2) is 10.9 Å². The number of aromatic nitrogens is 1. The molecule has 0 saturated heterocycles. The lowest BCUT2D eigenvalue weighted by molar-refractivity contribution is 0.102. The molecule has 1 amide bonds. The van der Waals surface area contributed by atoms with Gasteiger partial charge in [-0.1, -0.05) is 12.1 Å². The van der Waals surface area contributed by atoms with Crippen LogP contribution in [0.5, 0.6) is 0 Å². The topological polar surface area (TPSA) is 88.0 Å². The molecule has 92 valence electrons. The Labute approximate surface area is 101 Å². The van der Waals surface area contributed by atoms with Crippen molar-refractivity contribution in [3.8, 4) is 0 Å². The van der Waals surface area contributed by atoms with Gasteiger partial charge in [0.1, 0.15) is 17.2 Å². The van der Waals surface area contributed by atoms with Crippen LogP contribution in [0.2, 0.25) is 0 Å².